The molecular formula is C18H14N6O2. The van der Waals surface area contributed by atoms with Gasteiger partial charge in [-0.2, -0.15) is 14.9 Å². The zero-order chi connectivity index (χ0) is 17.8. The fourth-order valence-electron chi connectivity index (χ4n) is 2.33. The van der Waals surface area contributed by atoms with Crippen molar-refractivity contribution in [3.05, 3.63) is 78.4 Å². The predicted molar refractivity (Wildman–Crippen MR) is 92.3 cm³/mol. The Bertz CT molecular complexity index is 1010. The zero-order valence-corrected chi connectivity index (χ0v) is 13.6. The van der Waals surface area contributed by atoms with Crippen molar-refractivity contribution >= 4 is 5.91 Å². The highest BCUT2D eigenvalue weighted by Gasteiger charge is 2.14. The Morgan fingerprint density at radius 2 is 1.77 bits per heavy atom. The van der Waals surface area contributed by atoms with Gasteiger partial charge in [0, 0.05) is 5.56 Å². The molecule has 0 fully saturated rings. The van der Waals surface area contributed by atoms with Crippen LogP contribution in [0.3, 0.4) is 0 Å². The smallest absolute Gasteiger partial charge is 0.273 e. The quantitative estimate of drug-likeness (QED) is 0.595. The summed E-state index contributed by atoms with van der Waals surface area (Å²) in [6.07, 6.45) is 1.41. The third-order valence-electron chi connectivity index (χ3n) is 3.61. The molecule has 0 aliphatic rings. The minimum Gasteiger partial charge on any atom is -0.342 e. The highest BCUT2D eigenvalue weighted by Crippen LogP contribution is 2.14. The predicted octanol–water partition coefficient (Wildman–Crippen LogP) is 2.25. The molecule has 1 amide bonds. The number of para-hydroxylation sites is 1. The van der Waals surface area contributed by atoms with E-state index in [2.05, 4.69) is 25.7 Å². The SMILES string of the molecule is O=C(NCc1nc(-c2ccccc2)no1)c1cnn(-c2ccccc2)n1. The van der Waals surface area contributed by atoms with Crippen molar-refractivity contribution < 1.29 is 9.32 Å². The number of amides is 1. The second-order valence-corrected chi connectivity index (χ2v) is 5.42. The summed E-state index contributed by atoms with van der Waals surface area (Å²) in [4.78, 5) is 17.9. The molecule has 0 saturated carbocycles. The first-order chi connectivity index (χ1) is 12.8. The minimum atomic E-state index is -0.369. The van der Waals surface area contributed by atoms with Crippen LogP contribution >= 0.6 is 0 Å². The van der Waals surface area contributed by atoms with Gasteiger partial charge in [-0.3, -0.25) is 4.79 Å². The van der Waals surface area contributed by atoms with Gasteiger partial charge in [-0.15, -0.1) is 5.10 Å². The maximum absolute atomic E-state index is 12.2. The van der Waals surface area contributed by atoms with Gasteiger partial charge in [0.1, 0.15) is 0 Å². The zero-order valence-electron chi connectivity index (χ0n) is 13.6. The summed E-state index contributed by atoms with van der Waals surface area (Å²) in [5, 5.41) is 14.9. The number of hydrogen-bond donors (Lipinski definition) is 1. The van der Waals surface area contributed by atoms with E-state index in [-0.39, 0.29) is 18.1 Å². The maximum atomic E-state index is 12.2. The van der Waals surface area contributed by atoms with Crippen LogP contribution in [0.15, 0.2) is 71.4 Å². The molecule has 0 bridgehead atoms. The molecule has 4 rings (SSSR count). The van der Waals surface area contributed by atoms with E-state index in [0.29, 0.717) is 11.7 Å². The summed E-state index contributed by atoms with van der Waals surface area (Å²) in [5.74, 6) is 0.421. The van der Waals surface area contributed by atoms with E-state index in [0.717, 1.165) is 11.3 Å². The van der Waals surface area contributed by atoms with Crippen LogP contribution in [0.25, 0.3) is 17.1 Å². The standard InChI is InChI=1S/C18H14N6O2/c25-18(15-11-20-24(22-15)14-9-5-2-6-10-14)19-12-16-21-17(23-26-16)13-7-3-1-4-8-13/h1-11H,12H2,(H,19,25). The van der Waals surface area contributed by atoms with Gasteiger partial charge in [0.05, 0.1) is 18.4 Å². The van der Waals surface area contributed by atoms with Crippen LogP contribution in [0.4, 0.5) is 0 Å². The molecule has 0 radical (unpaired) electrons. The van der Waals surface area contributed by atoms with Gasteiger partial charge in [0.25, 0.3) is 5.91 Å². The number of carbonyl (C=O) groups excluding carboxylic acids is 1. The van der Waals surface area contributed by atoms with E-state index in [9.17, 15) is 4.79 Å². The summed E-state index contributed by atoms with van der Waals surface area (Å²) in [6.45, 7) is 0.108. The Hall–Kier alpha value is -3.81. The Balaban J connectivity index is 1.40. The summed E-state index contributed by atoms with van der Waals surface area (Å²) >= 11 is 0. The third kappa shape index (κ3) is 3.34. The van der Waals surface area contributed by atoms with E-state index in [1.807, 2.05) is 60.7 Å². The topological polar surface area (TPSA) is 98.7 Å². The number of rotatable bonds is 5. The molecule has 0 aliphatic heterocycles. The second kappa shape index (κ2) is 6.98. The summed E-state index contributed by atoms with van der Waals surface area (Å²) in [6, 6.07) is 18.8. The van der Waals surface area contributed by atoms with Crippen LogP contribution in [-0.4, -0.2) is 31.0 Å². The minimum absolute atomic E-state index is 0.108. The van der Waals surface area contributed by atoms with E-state index in [1.165, 1.54) is 11.0 Å². The third-order valence-corrected chi connectivity index (χ3v) is 3.61. The van der Waals surface area contributed by atoms with Crippen LogP contribution in [-0.2, 0) is 6.54 Å². The summed E-state index contributed by atoms with van der Waals surface area (Å²) in [7, 11) is 0. The molecule has 2 aromatic carbocycles. The molecule has 8 heteroatoms. The van der Waals surface area contributed by atoms with Crippen molar-refractivity contribution in [3.63, 3.8) is 0 Å². The lowest BCUT2D eigenvalue weighted by Gasteiger charge is -1.99. The fraction of sp³-hybridized carbons (Fsp3) is 0.0556. The van der Waals surface area contributed by atoms with Crippen LogP contribution in [0.2, 0.25) is 0 Å². The molecule has 8 nitrogen and oxygen atoms in total. The first-order valence-corrected chi connectivity index (χ1v) is 7.93. The molecule has 4 aromatic rings. The molecule has 0 aliphatic carbocycles. The Kier molecular flexibility index (Phi) is 4.21. The summed E-state index contributed by atoms with van der Waals surface area (Å²) < 4.78 is 5.16. The first-order valence-electron chi connectivity index (χ1n) is 7.93. The van der Waals surface area contributed by atoms with Crippen molar-refractivity contribution in [1.82, 2.24) is 30.5 Å². The number of benzene rings is 2. The Morgan fingerprint density at radius 1 is 1.04 bits per heavy atom. The number of nitrogens with one attached hydrogen (secondary N) is 1. The van der Waals surface area contributed by atoms with Gasteiger partial charge in [-0.25, -0.2) is 0 Å². The van der Waals surface area contributed by atoms with Crippen LogP contribution in [0.1, 0.15) is 16.4 Å². The van der Waals surface area contributed by atoms with Gasteiger partial charge in [-0.05, 0) is 12.1 Å². The molecule has 2 aromatic heterocycles. The molecule has 0 atom stereocenters. The van der Waals surface area contributed by atoms with Crippen LogP contribution in [0.5, 0.6) is 0 Å². The molecule has 0 unspecified atom stereocenters. The van der Waals surface area contributed by atoms with E-state index in [1.54, 1.807) is 0 Å². The van der Waals surface area contributed by atoms with Crippen molar-refractivity contribution in [2.24, 2.45) is 0 Å². The van der Waals surface area contributed by atoms with E-state index >= 15 is 0 Å². The van der Waals surface area contributed by atoms with Crippen molar-refractivity contribution in [2.75, 3.05) is 0 Å². The van der Waals surface area contributed by atoms with Gasteiger partial charge >= 0.3 is 0 Å². The highest BCUT2D eigenvalue weighted by atomic mass is 16.5. The molecule has 2 heterocycles. The average Bonchev–Trinajstić information content (AvgIpc) is 3.37. The lowest BCUT2D eigenvalue weighted by molar-refractivity contribution is 0.0941. The first kappa shape index (κ1) is 15.7. The van der Waals surface area contributed by atoms with Gasteiger partial charge < -0.3 is 9.84 Å². The number of carbonyl (C=O) groups is 1. The molecule has 0 saturated heterocycles. The van der Waals surface area contributed by atoms with E-state index in [4.69, 9.17) is 4.52 Å². The lowest BCUT2D eigenvalue weighted by atomic mass is 10.2. The average molecular weight is 346 g/mol. The van der Waals surface area contributed by atoms with Gasteiger partial charge in [0.2, 0.25) is 11.7 Å². The second-order valence-electron chi connectivity index (χ2n) is 5.42. The van der Waals surface area contributed by atoms with Crippen molar-refractivity contribution in [1.29, 1.82) is 0 Å². The molecule has 0 spiro atoms. The number of aromatic nitrogens is 5. The van der Waals surface area contributed by atoms with Gasteiger partial charge in [0.15, 0.2) is 5.69 Å². The van der Waals surface area contributed by atoms with Crippen molar-refractivity contribution in [3.8, 4) is 17.1 Å². The van der Waals surface area contributed by atoms with E-state index < -0.39 is 0 Å². The number of nitrogens with zero attached hydrogens (tertiary/aromatic N) is 5. The highest BCUT2D eigenvalue weighted by molar-refractivity contribution is 5.91. The van der Waals surface area contributed by atoms with Crippen LogP contribution in [0, 0.1) is 0 Å². The molecular weight excluding hydrogens is 332 g/mol. The Labute approximate surface area is 148 Å². The fourth-order valence-corrected chi connectivity index (χ4v) is 2.33. The lowest BCUT2D eigenvalue weighted by Crippen LogP contribution is -2.23. The molecule has 1 N–H and O–H groups in total. The van der Waals surface area contributed by atoms with Crippen molar-refractivity contribution in [2.45, 2.75) is 6.54 Å². The number of hydrogen-bond acceptors (Lipinski definition) is 6. The Morgan fingerprint density at radius 3 is 2.54 bits per heavy atom. The molecule has 128 valence electrons. The monoisotopic (exact) mass is 346 g/mol. The van der Waals surface area contributed by atoms with Crippen LogP contribution < -0.4 is 5.32 Å². The normalized spacial score (nSPS) is 10.6. The molecule has 26 heavy (non-hydrogen) atoms. The largest absolute Gasteiger partial charge is 0.342 e. The summed E-state index contributed by atoms with van der Waals surface area (Å²) in [5.41, 5.74) is 1.83. The maximum Gasteiger partial charge on any atom is 0.273 e. The van der Waals surface area contributed by atoms with Gasteiger partial charge in [-0.1, -0.05) is 53.7 Å².